The number of benzene rings is 1. The molecular formula is C15H23NO2S. The van der Waals surface area contributed by atoms with E-state index in [-0.39, 0.29) is 0 Å². The van der Waals surface area contributed by atoms with Gasteiger partial charge in [0.15, 0.2) is 9.84 Å². The summed E-state index contributed by atoms with van der Waals surface area (Å²) in [4.78, 5) is 0. The van der Waals surface area contributed by atoms with Crippen molar-refractivity contribution in [1.29, 1.82) is 0 Å². The first-order valence-electron chi connectivity index (χ1n) is 6.91. The lowest BCUT2D eigenvalue weighted by atomic mass is 9.85. The molecule has 1 heterocycles. The largest absolute Gasteiger partial charge is 0.319 e. The zero-order valence-electron chi connectivity index (χ0n) is 11.7. The van der Waals surface area contributed by atoms with E-state index in [2.05, 4.69) is 30.4 Å². The standard InChI is InChI=1S/C15H23NO2S/c1-12-5-3-4-6-13(12)9-15(10-16-2)14-7-8-19(17,18)11-14/h3-6,14-16H,7-11H2,1-2H3. The summed E-state index contributed by atoms with van der Waals surface area (Å²) < 4.78 is 23.3. The number of hydrogen-bond acceptors (Lipinski definition) is 3. The van der Waals surface area contributed by atoms with Gasteiger partial charge >= 0.3 is 0 Å². The van der Waals surface area contributed by atoms with Crippen molar-refractivity contribution in [2.24, 2.45) is 11.8 Å². The zero-order valence-corrected chi connectivity index (χ0v) is 12.5. The highest BCUT2D eigenvalue weighted by molar-refractivity contribution is 7.91. The molecule has 4 heteroatoms. The molecule has 0 amide bonds. The summed E-state index contributed by atoms with van der Waals surface area (Å²) in [5, 5.41) is 3.22. The number of aryl methyl sites for hydroxylation is 1. The maximum absolute atomic E-state index is 11.6. The third-order valence-corrected chi connectivity index (χ3v) is 5.94. The van der Waals surface area contributed by atoms with Gasteiger partial charge in [-0.15, -0.1) is 0 Å². The van der Waals surface area contributed by atoms with Crippen molar-refractivity contribution in [1.82, 2.24) is 5.32 Å². The van der Waals surface area contributed by atoms with Crippen LogP contribution in [0.2, 0.25) is 0 Å². The Hall–Kier alpha value is -0.870. The Bertz CT molecular complexity index is 525. The van der Waals surface area contributed by atoms with E-state index < -0.39 is 9.84 Å². The minimum atomic E-state index is -2.79. The normalized spacial score (nSPS) is 23.4. The minimum absolute atomic E-state index is 0.303. The predicted octanol–water partition coefficient (Wildman–Crippen LogP) is 1.81. The molecule has 2 rings (SSSR count). The maximum Gasteiger partial charge on any atom is 0.150 e. The third kappa shape index (κ3) is 3.80. The van der Waals surface area contributed by atoms with E-state index in [1.807, 2.05) is 13.1 Å². The van der Waals surface area contributed by atoms with Crippen molar-refractivity contribution in [3.05, 3.63) is 35.4 Å². The molecule has 1 N–H and O–H groups in total. The van der Waals surface area contributed by atoms with Gasteiger partial charge in [0.2, 0.25) is 0 Å². The molecule has 2 unspecified atom stereocenters. The molecule has 0 spiro atoms. The second-order valence-electron chi connectivity index (χ2n) is 5.61. The average Bonchev–Trinajstić information content (AvgIpc) is 2.72. The van der Waals surface area contributed by atoms with Crippen LogP contribution in [0.4, 0.5) is 0 Å². The molecule has 1 aromatic carbocycles. The lowest BCUT2D eigenvalue weighted by Crippen LogP contribution is -2.28. The quantitative estimate of drug-likeness (QED) is 0.895. The summed E-state index contributed by atoms with van der Waals surface area (Å²) in [6.45, 7) is 3.01. The Balaban J connectivity index is 2.11. The Labute approximate surface area is 116 Å². The first-order valence-corrected chi connectivity index (χ1v) is 8.73. The van der Waals surface area contributed by atoms with E-state index in [4.69, 9.17) is 0 Å². The number of sulfone groups is 1. The Morgan fingerprint density at radius 2 is 2.11 bits per heavy atom. The van der Waals surface area contributed by atoms with Crippen molar-refractivity contribution >= 4 is 9.84 Å². The van der Waals surface area contributed by atoms with Gasteiger partial charge in [0, 0.05) is 0 Å². The Morgan fingerprint density at radius 1 is 1.37 bits per heavy atom. The van der Waals surface area contributed by atoms with Gasteiger partial charge in [0.1, 0.15) is 0 Å². The van der Waals surface area contributed by atoms with E-state index in [0.29, 0.717) is 23.3 Å². The predicted molar refractivity (Wildman–Crippen MR) is 79.1 cm³/mol. The van der Waals surface area contributed by atoms with Gasteiger partial charge in [0.05, 0.1) is 11.5 Å². The molecule has 106 valence electrons. The summed E-state index contributed by atoms with van der Waals surface area (Å²) in [7, 11) is -0.850. The van der Waals surface area contributed by atoms with Gasteiger partial charge in [0.25, 0.3) is 0 Å². The molecule has 1 saturated heterocycles. The number of nitrogens with one attached hydrogen (secondary N) is 1. The third-order valence-electron chi connectivity index (χ3n) is 4.14. The minimum Gasteiger partial charge on any atom is -0.319 e. The summed E-state index contributed by atoms with van der Waals surface area (Å²) in [6.07, 6.45) is 1.79. The highest BCUT2D eigenvalue weighted by Crippen LogP contribution is 2.29. The summed E-state index contributed by atoms with van der Waals surface area (Å²) in [5.74, 6) is 1.44. The van der Waals surface area contributed by atoms with E-state index in [9.17, 15) is 8.42 Å². The van der Waals surface area contributed by atoms with Crippen LogP contribution in [0.15, 0.2) is 24.3 Å². The average molecular weight is 281 g/mol. The fraction of sp³-hybridized carbons (Fsp3) is 0.600. The smallest absolute Gasteiger partial charge is 0.150 e. The van der Waals surface area contributed by atoms with Crippen LogP contribution in [0.5, 0.6) is 0 Å². The van der Waals surface area contributed by atoms with E-state index in [0.717, 1.165) is 19.4 Å². The molecule has 0 bridgehead atoms. The van der Waals surface area contributed by atoms with E-state index >= 15 is 0 Å². The van der Waals surface area contributed by atoms with Gasteiger partial charge < -0.3 is 5.32 Å². The van der Waals surface area contributed by atoms with Gasteiger partial charge in [-0.2, -0.15) is 0 Å². The van der Waals surface area contributed by atoms with Gasteiger partial charge in [-0.1, -0.05) is 24.3 Å². The van der Waals surface area contributed by atoms with Crippen LogP contribution < -0.4 is 5.32 Å². The van der Waals surface area contributed by atoms with Crippen LogP contribution in [0.1, 0.15) is 17.5 Å². The van der Waals surface area contributed by atoms with Crippen LogP contribution >= 0.6 is 0 Å². The molecule has 19 heavy (non-hydrogen) atoms. The first-order chi connectivity index (χ1) is 9.02. The topological polar surface area (TPSA) is 46.2 Å². The SMILES string of the molecule is CNCC(Cc1ccccc1C)C1CCS(=O)(=O)C1. The van der Waals surface area contributed by atoms with Gasteiger partial charge in [-0.05, 0) is 56.3 Å². The number of hydrogen-bond donors (Lipinski definition) is 1. The molecule has 1 aliphatic heterocycles. The summed E-state index contributed by atoms with van der Waals surface area (Å²) >= 11 is 0. The fourth-order valence-electron chi connectivity index (χ4n) is 2.98. The molecular weight excluding hydrogens is 258 g/mol. The molecule has 1 aliphatic rings. The second kappa shape index (κ2) is 6.06. The van der Waals surface area contributed by atoms with Crippen molar-refractivity contribution < 1.29 is 8.42 Å². The maximum atomic E-state index is 11.6. The summed E-state index contributed by atoms with van der Waals surface area (Å²) in [6, 6.07) is 8.38. The molecule has 1 aromatic rings. The second-order valence-corrected chi connectivity index (χ2v) is 7.84. The fourth-order valence-corrected chi connectivity index (χ4v) is 4.90. The molecule has 0 saturated carbocycles. The molecule has 2 atom stereocenters. The lowest BCUT2D eigenvalue weighted by Gasteiger charge is -2.23. The van der Waals surface area contributed by atoms with Crippen LogP contribution in [-0.2, 0) is 16.3 Å². The number of rotatable bonds is 5. The molecule has 1 fully saturated rings. The molecule has 0 aliphatic carbocycles. The highest BCUT2D eigenvalue weighted by atomic mass is 32.2. The van der Waals surface area contributed by atoms with E-state index in [1.165, 1.54) is 11.1 Å². The van der Waals surface area contributed by atoms with Crippen LogP contribution in [0, 0.1) is 18.8 Å². The van der Waals surface area contributed by atoms with E-state index in [1.54, 1.807) is 0 Å². The molecule has 0 aromatic heterocycles. The van der Waals surface area contributed by atoms with Crippen molar-refractivity contribution in [3.63, 3.8) is 0 Å². The molecule has 0 radical (unpaired) electrons. The molecule has 3 nitrogen and oxygen atoms in total. The Morgan fingerprint density at radius 3 is 2.68 bits per heavy atom. The van der Waals surface area contributed by atoms with Crippen molar-refractivity contribution in [2.45, 2.75) is 19.8 Å². The Kier molecular flexibility index (Phi) is 4.63. The van der Waals surface area contributed by atoms with Gasteiger partial charge in [-0.25, -0.2) is 8.42 Å². The van der Waals surface area contributed by atoms with Crippen molar-refractivity contribution in [2.75, 3.05) is 25.1 Å². The van der Waals surface area contributed by atoms with Crippen molar-refractivity contribution in [3.8, 4) is 0 Å². The highest BCUT2D eigenvalue weighted by Gasteiger charge is 2.33. The summed E-state index contributed by atoms with van der Waals surface area (Å²) in [5.41, 5.74) is 2.64. The van der Waals surface area contributed by atoms with Crippen LogP contribution in [0.3, 0.4) is 0 Å². The van der Waals surface area contributed by atoms with Gasteiger partial charge in [-0.3, -0.25) is 0 Å². The zero-order chi connectivity index (χ0) is 13.9. The lowest BCUT2D eigenvalue weighted by molar-refractivity contribution is 0.351. The van der Waals surface area contributed by atoms with Crippen LogP contribution in [-0.4, -0.2) is 33.5 Å². The van der Waals surface area contributed by atoms with Crippen LogP contribution in [0.25, 0.3) is 0 Å². The monoisotopic (exact) mass is 281 g/mol. The first kappa shape index (κ1) is 14.5.